The van der Waals surface area contributed by atoms with E-state index in [1.54, 1.807) is 18.3 Å². The van der Waals surface area contributed by atoms with Crippen molar-refractivity contribution >= 4 is 11.7 Å². The molecule has 0 atom stereocenters. The average Bonchev–Trinajstić information content (AvgIpc) is 2.78. The number of carbonyl (C=O) groups is 1. The van der Waals surface area contributed by atoms with E-state index in [-0.39, 0.29) is 11.6 Å². The summed E-state index contributed by atoms with van der Waals surface area (Å²) in [5, 5.41) is 2.64. The Morgan fingerprint density at radius 1 is 1.59 bits per heavy atom. The fourth-order valence-electron chi connectivity index (χ4n) is 1.34. The predicted molar refractivity (Wildman–Crippen MR) is 62.2 cm³/mol. The van der Waals surface area contributed by atoms with Crippen LogP contribution in [-0.2, 0) is 0 Å². The molecule has 0 aliphatic heterocycles. The van der Waals surface area contributed by atoms with Crippen LogP contribution >= 0.6 is 0 Å². The number of amides is 1. The second-order valence-corrected chi connectivity index (χ2v) is 3.37. The molecule has 0 spiro atoms. The fraction of sp³-hybridized carbons (Fsp3) is 0.182. The van der Waals surface area contributed by atoms with E-state index in [0.717, 1.165) is 0 Å². The number of oxazole rings is 1. The molecule has 3 N–H and O–H groups in total. The van der Waals surface area contributed by atoms with Gasteiger partial charge in [-0.2, -0.15) is 0 Å². The van der Waals surface area contributed by atoms with Crippen molar-refractivity contribution in [2.45, 2.75) is 6.92 Å². The number of nitrogens with two attached hydrogens (primary N) is 1. The van der Waals surface area contributed by atoms with Crippen molar-refractivity contribution < 1.29 is 9.21 Å². The maximum absolute atomic E-state index is 11.5. The first kappa shape index (κ1) is 11.1. The summed E-state index contributed by atoms with van der Waals surface area (Å²) in [4.78, 5) is 19.4. The lowest BCUT2D eigenvalue weighted by Gasteiger charge is -1.96. The quantitative estimate of drug-likeness (QED) is 0.825. The molecule has 0 saturated carbocycles. The Morgan fingerprint density at radius 3 is 3.12 bits per heavy atom. The highest BCUT2D eigenvalue weighted by atomic mass is 16.3. The first-order chi connectivity index (χ1) is 8.20. The molecule has 88 valence electrons. The molecule has 0 aromatic carbocycles. The van der Waals surface area contributed by atoms with Gasteiger partial charge in [-0.25, -0.2) is 9.97 Å². The molecule has 1 amide bonds. The summed E-state index contributed by atoms with van der Waals surface area (Å²) in [6, 6.07) is 3.34. The van der Waals surface area contributed by atoms with Gasteiger partial charge in [-0.15, -0.1) is 0 Å². The van der Waals surface area contributed by atoms with Crippen molar-refractivity contribution in [3.8, 4) is 11.5 Å². The van der Waals surface area contributed by atoms with Crippen molar-refractivity contribution in [1.82, 2.24) is 15.3 Å². The second kappa shape index (κ2) is 4.65. The van der Waals surface area contributed by atoms with E-state index in [9.17, 15) is 4.79 Å². The number of carbonyl (C=O) groups excluding carboxylic acids is 1. The summed E-state index contributed by atoms with van der Waals surface area (Å²) in [7, 11) is 0. The van der Waals surface area contributed by atoms with Gasteiger partial charge in [-0.3, -0.25) is 4.79 Å². The molecule has 17 heavy (non-hydrogen) atoms. The van der Waals surface area contributed by atoms with Gasteiger partial charge in [-0.1, -0.05) is 0 Å². The number of hydrogen-bond donors (Lipinski definition) is 2. The minimum atomic E-state index is -0.260. The molecule has 2 rings (SSSR count). The van der Waals surface area contributed by atoms with Gasteiger partial charge < -0.3 is 15.5 Å². The summed E-state index contributed by atoms with van der Waals surface area (Å²) >= 11 is 0. The first-order valence-corrected chi connectivity index (χ1v) is 5.16. The van der Waals surface area contributed by atoms with Crippen molar-refractivity contribution in [3.05, 3.63) is 30.3 Å². The van der Waals surface area contributed by atoms with Crippen LogP contribution in [0.4, 0.5) is 5.82 Å². The summed E-state index contributed by atoms with van der Waals surface area (Å²) in [6.07, 6.45) is 2.87. The number of nitrogen functional groups attached to an aromatic ring is 1. The molecule has 0 aliphatic rings. The van der Waals surface area contributed by atoms with Crippen LogP contribution in [0, 0.1) is 0 Å². The standard InChI is InChI=1S/C11H12N4O2/c1-2-13-10(16)8-6-17-11(15-8)7-3-4-14-9(12)5-7/h3-6H,2H2,1H3,(H2,12,14)(H,13,16). The zero-order chi connectivity index (χ0) is 12.3. The van der Waals surface area contributed by atoms with Gasteiger partial charge in [0.05, 0.1) is 0 Å². The SMILES string of the molecule is CCNC(=O)c1coc(-c2ccnc(N)c2)n1. The third kappa shape index (κ3) is 2.41. The number of aromatic nitrogens is 2. The van der Waals surface area contributed by atoms with Crippen LogP contribution in [0.3, 0.4) is 0 Å². The largest absolute Gasteiger partial charge is 0.444 e. The molecule has 2 aromatic rings. The van der Waals surface area contributed by atoms with Crippen LogP contribution in [0.1, 0.15) is 17.4 Å². The number of hydrogen-bond acceptors (Lipinski definition) is 5. The topological polar surface area (TPSA) is 94.0 Å². The first-order valence-electron chi connectivity index (χ1n) is 5.16. The Hall–Kier alpha value is -2.37. The molecule has 2 heterocycles. The highest BCUT2D eigenvalue weighted by molar-refractivity contribution is 5.92. The van der Waals surface area contributed by atoms with Gasteiger partial charge in [-0.05, 0) is 19.1 Å². The number of rotatable bonds is 3. The number of pyridine rings is 1. The molecule has 0 aliphatic carbocycles. The molecule has 0 unspecified atom stereocenters. The van der Waals surface area contributed by atoms with Crippen LogP contribution in [0.15, 0.2) is 29.0 Å². The summed E-state index contributed by atoms with van der Waals surface area (Å²) < 4.78 is 5.22. The Labute approximate surface area is 97.9 Å². The Kier molecular flexibility index (Phi) is 3.04. The number of nitrogens with zero attached hydrogens (tertiary/aromatic N) is 2. The Balaban J connectivity index is 2.27. The van der Waals surface area contributed by atoms with Crippen LogP contribution in [0.5, 0.6) is 0 Å². The van der Waals surface area contributed by atoms with Gasteiger partial charge >= 0.3 is 0 Å². The molecular formula is C11H12N4O2. The lowest BCUT2D eigenvalue weighted by molar-refractivity contribution is 0.0951. The van der Waals surface area contributed by atoms with Gasteiger partial charge in [0.2, 0.25) is 5.89 Å². The molecule has 6 heteroatoms. The summed E-state index contributed by atoms with van der Waals surface area (Å²) in [5.41, 5.74) is 6.49. The molecule has 0 bridgehead atoms. The Morgan fingerprint density at radius 2 is 2.41 bits per heavy atom. The number of anilines is 1. The van der Waals surface area contributed by atoms with Crippen LogP contribution in [0.25, 0.3) is 11.5 Å². The number of nitrogens with one attached hydrogen (secondary N) is 1. The predicted octanol–water partition coefficient (Wildman–Crippen LogP) is 1.07. The third-order valence-corrected chi connectivity index (χ3v) is 2.10. The van der Waals surface area contributed by atoms with Crippen LogP contribution in [0.2, 0.25) is 0 Å². The summed E-state index contributed by atoms with van der Waals surface area (Å²) in [6.45, 7) is 2.38. The van der Waals surface area contributed by atoms with Gasteiger partial charge in [0, 0.05) is 18.3 Å². The van der Waals surface area contributed by atoms with E-state index in [1.807, 2.05) is 6.92 Å². The molecular weight excluding hydrogens is 220 g/mol. The fourth-order valence-corrected chi connectivity index (χ4v) is 1.34. The normalized spacial score (nSPS) is 10.2. The molecule has 2 aromatic heterocycles. The smallest absolute Gasteiger partial charge is 0.273 e. The maximum Gasteiger partial charge on any atom is 0.273 e. The molecule has 6 nitrogen and oxygen atoms in total. The van der Waals surface area contributed by atoms with E-state index in [1.165, 1.54) is 6.26 Å². The average molecular weight is 232 g/mol. The van der Waals surface area contributed by atoms with Crippen LogP contribution in [-0.4, -0.2) is 22.4 Å². The zero-order valence-electron chi connectivity index (χ0n) is 9.30. The van der Waals surface area contributed by atoms with Gasteiger partial charge in [0.25, 0.3) is 5.91 Å². The van der Waals surface area contributed by atoms with Crippen LogP contribution < -0.4 is 11.1 Å². The minimum absolute atomic E-state index is 0.247. The van der Waals surface area contributed by atoms with Gasteiger partial charge in [0.15, 0.2) is 5.69 Å². The van der Waals surface area contributed by atoms with Crippen molar-refractivity contribution in [1.29, 1.82) is 0 Å². The highest BCUT2D eigenvalue weighted by Gasteiger charge is 2.12. The van der Waals surface area contributed by atoms with Gasteiger partial charge in [0.1, 0.15) is 12.1 Å². The molecule has 0 fully saturated rings. The Bertz CT molecular complexity index is 536. The lowest BCUT2D eigenvalue weighted by atomic mass is 10.2. The molecule has 0 saturated heterocycles. The maximum atomic E-state index is 11.5. The highest BCUT2D eigenvalue weighted by Crippen LogP contribution is 2.19. The van der Waals surface area contributed by atoms with Crippen molar-refractivity contribution in [3.63, 3.8) is 0 Å². The van der Waals surface area contributed by atoms with E-state index in [4.69, 9.17) is 10.2 Å². The van der Waals surface area contributed by atoms with E-state index < -0.39 is 0 Å². The van der Waals surface area contributed by atoms with E-state index >= 15 is 0 Å². The summed E-state index contributed by atoms with van der Waals surface area (Å²) in [5.74, 6) is 0.463. The lowest BCUT2D eigenvalue weighted by Crippen LogP contribution is -2.22. The second-order valence-electron chi connectivity index (χ2n) is 3.37. The van der Waals surface area contributed by atoms with E-state index in [0.29, 0.717) is 23.8 Å². The van der Waals surface area contributed by atoms with Crippen molar-refractivity contribution in [2.24, 2.45) is 0 Å². The van der Waals surface area contributed by atoms with Crippen molar-refractivity contribution in [2.75, 3.05) is 12.3 Å². The zero-order valence-corrected chi connectivity index (χ0v) is 9.30. The monoisotopic (exact) mass is 232 g/mol. The van der Waals surface area contributed by atoms with E-state index in [2.05, 4.69) is 15.3 Å². The minimum Gasteiger partial charge on any atom is -0.444 e. The third-order valence-electron chi connectivity index (χ3n) is 2.10. The molecule has 0 radical (unpaired) electrons.